The van der Waals surface area contributed by atoms with Gasteiger partial charge in [-0.2, -0.15) is 0 Å². The van der Waals surface area contributed by atoms with E-state index in [0.29, 0.717) is 36.0 Å². The van der Waals surface area contributed by atoms with Crippen LogP contribution in [0.4, 0.5) is 0 Å². The Morgan fingerprint density at radius 2 is 1.93 bits per heavy atom. The Morgan fingerprint density at radius 1 is 1.13 bits per heavy atom. The zero-order valence-corrected chi connectivity index (χ0v) is 18.1. The molecule has 160 valence electrons. The number of fused-ring (bicyclic) bond motifs is 1. The Bertz CT molecular complexity index is 903. The van der Waals surface area contributed by atoms with E-state index in [2.05, 4.69) is 5.32 Å². The summed E-state index contributed by atoms with van der Waals surface area (Å²) in [6, 6.07) is 12.4. The average Bonchev–Trinajstić information content (AvgIpc) is 3.21. The summed E-state index contributed by atoms with van der Waals surface area (Å²) in [7, 11) is 0. The van der Waals surface area contributed by atoms with Crippen LogP contribution in [0.25, 0.3) is 0 Å². The summed E-state index contributed by atoms with van der Waals surface area (Å²) < 4.78 is 10.7. The van der Waals surface area contributed by atoms with Gasteiger partial charge in [-0.25, -0.2) is 0 Å². The summed E-state index contributed by atoms with van der Waals surface area (Å²) in [6.45, 7) is 4.87. The number of carbonyl (C=O) groups excluding carboxylic acids is 2. The van der Waals surface area contributed by atoms with Crippen molar-refractivity contribution in [3.63, 3.8) is 0 Å². The summed E-state index contributed by atoms with van der Waals surface area (Å²) >= 11 is 6.10. The predicted molar refractivity (Wildman–Crippen MR) is 116 cm³/mol. The third-order valence-corrected chi connectivity index (χ3v) is 5.26. The lowest BCUT2D eigenvalue weighted by Crippen LogP contribution is -2.47. The number of carbonyl (C=O) groups is 2. The number of aryl methyl sites for hydroxylation is 1. The molecular weight excluding hydrogens is 404 g/mol. The lowest BCUT2D eigenvalue weighted by Gasteiger charge is -2.29. The van der Waals surface area contributed by atoms with Gasteiger partial charge in [0, 0.05) is 24.5 Å². The fourth-order valence-electron chi connectivity index (χ4n) is 3.30. The van der Waals surface area contributed by atoms with Crippen molar-refractivity contribution < 1.29 is 19.1 Å². The Hall–Kier alpha value is -2.73. The first kappa shape index (κ1) is 22.0. The van der Waals surface area contributed by atoms with Gasteiger partial charge in [0.15, 0.2) is 11.5 Å². The average molecular weight is 431 g/mol. The molecule has 0 saturated heterocycles. The van der Waals surface area contributed by atoms with Crippen molar-refractivity contribution in [2.24, 2.45) is 0 Å². The highest BCUT2D eigenvalue weighted by Crippen LogP contribution is 2.32. The number of nitrogens with zero attached hydrogens (tertiary/aromatic N) is 1. The van der Waals surface area contributed by atoms with Crippen molar-refractivity contribution in [2.75, 3.05) is 13.3 Å². The molecule has 0 radical (unpaired) electrons. The zero-order chi connectivity index (χ0) is 21.5. The monoisotopic (exact) mass is 430 g/mol. The molecule has 1 N–H and O–H groups in total. The van der Waals surface area contributed by atoms with Gasteiger partial charge in [0.05, 0.1) is 0 Å². The molecule has 0 unspecified atom stereocenters. The smallest absolute Gasteiger partial charge is 0.242 e. The van der Waals surface area contributed by atoms with E-state index >= 15 is 0 Å². The molecule has 1 heterocycles. The fourth-order valence-corrected chi connectivity index (χ4v) is 3.51. The molecule has 6 nitrogen and oxygen atoms in total. The van der Waals surface area contributed by atoms with Gasteiger partial charge in [0.1, 0.15) is 6.04 Å². The number of rotatable bonds is 9. The van der Waals surface area contributed by atoms with E-state index < -0.39 is 6.04 Å². The Kier molecular flexibility index (Phi) is 7.57. The van der Waals surface area contributed by atoms with Crippen molar-refractivity contribution in [1.82, 2.24) is 10.2 Å². The second kappa shape index (κ2) is 10.3. The van der Waals surface area contributed by atoms with E-state index in [1.165, 1.54) is 0 Å². The number of ether oxygens (including phenoxy) is 2. The quantitative estimate of drug-likeness (QED) is 0.654. The second-order valence-corrected chi connectivity index (χ2v) is 7.74. The highest BCUT2D eigenvalue weighted by Gasteiger charge is 2.26. The minimum Gasteiger partial charge on any atom is -0.454 e. The molecule has 1 aliphatic heterocycles. The minimum atomic E-state index is -0.584. The summed E-state index contributed by atoms with van der Waals surface area (Å²) in [5.74, 6) is 1.17. The van der Waals surface area contributed by atoms with Gasteiger partial charge in [0.2, 0.25) is 18.6 Å². The molecule has 2 amide bonds. The van der Waals surface area contributed by atoms with E-state index in [0.717, 1.165) is 17.5 Å². The van der Waals surface area contributed by atoms with Crippen molar-refractivity contribution >= 4 is 23.4 Å². The van der Waals surface area contributed by atoms with Gasteiger partial charge in [-0.05, 0) is 55.2 Å². The van der Waals surface area contributed by atoms with Gasteiger partial charge in [0.25, 0.3) is 0 Å². The minimum absolute atomic E-state index is 0.0909. The molecule has 3 rings (SSSR count). The molecule has 0 aliphatic carbocycles. The largest absolute Gasteiger partial charge is 0.454 e. The van der Waals surface area contributed by atoms with Crippen LogP contribution in [0.3, 0.4) is 0 Å². The van der Waals surface area contributed by atoms with Crippen LogP contribution in [0.15, 0.2) is 42.5 Å². The van der Waals surface area contributed by atoms with Crippen molar-refractivity contribution in [1.29, 1.82) is 0 Å². The molecule has 1 aliphatic rings. The number of nitrogens with one attached hydrogen (secondary N) is 1. The van der Waals surface area contributed by atoms with Crippen LogP contribution >= 0.6 is 11.6 Å². The van der Waals surface area contributed by atoms with Gasteiger partial charge in [-0.15, -0.1) is 0 Å². The highest BCUT2D eigenvalue weighted by atomic mass is 35.5. The van der Waals surface area contributed by atoms with Gasteiger partial charge in [-0.3, -0.25) is 9.59 Å². The number of benzene rings is 2. The Balaban J connectivity index is 1.70. The van der Waals surface area contributed by atoms with E-state index in [1.54, 1.807) is 17.9 Å². The van der Waals surface area contributed by atoms with E-state index in [4.69, 9.17) is 21.1 Å². The summed E-state index contributed by atoms with van der Waals surface area (Å²) in [4.78, 5) is 27.3. The number of hydrogen-bond donors (Lipinski definition) is 1. The van der Waals surface area contributed by atoms with Crippen LogP contribution in [-0.4, -0.2) is 36.1 Å². The molecule has 0 fully saturated rings. The molecule has 0 spiro atoms. The van der Waals surface area contributed by atoms with E-state index in [1.807, 2.05) is 43.3 Å². The van der Waals surface area contributed by atoms with Crippen LogP contribution < -0.4 is 14.8 Å². The predicted octanol–water partition coefficient (Wildman–Crippen LogP) is 3.94. The Labute approximate surface area is 182 Å². The standard InChI is InChI=1S/C23H27ClN2O4/c1-3-11-25-23(28)16(2)26(14-18-5-4-6-19(24)12-18)22(27)10-8-17-7-9-20-21(13-17)30-15-29-20/h4-7,9,12-13,16H,3,8,10-11,14-15H2,1-2H3,(H,25,28)/t16-/m1/s1. The Morgan fingerprint density at radius 3 is 2.70 bits per heavy atom. The van der Waals surface area contributed by atoms with Crippen LogP contribution in [0.1, 0.15) is 37.8 Å². The molecule has 2 aromatic carbocycles. The van der Waals surface area contributed by atoms with Gasteiger partial charge >= 0.3 is 0 Å². The lowest BCUT2D eigenvalue weighted by molar-refractivity contribution is -0.140. The van der Waals surface area contributed by atoms with Crippen LogP contribution in [-0.2, 0) is 22.6 Å². The number of hydrogen-bond acceptors (Lipinski definition) is 4. The summed E-state index contributed by atoms with van der Waals surface area (Å²) in [5.41, 5.74) is 1.87. The maximum Gasteiger partial charge on any atom is 0.242 e. The maximum absolute atomic E-state index is 13.1. The fraction of sp³-hybridized carbons (Fsp3) is 0.391. The van der Waals surface area contributed by atoms with Crippen molar-refractivity contribution in [2.45, 2.75) is 45.7 Å². The van der Waals surface area contributed by atoms with Crippen LogP contribution in [0, 0.1) is 0 Å². The third kappa shape index (κ3) is 5.66. The molecule has 0 saturated carbocycles. The first-order valence-corrected chi connectivity index (χ1v) is 10.6. The van der Waals surface area contributed by atoms with Gasteiger partial charge in [-0.1, -0.05) is 36.7 Å². The van der Waals surface area contributed by atoms with E-state index in [9.17, 15) is 9.59 Å². The summed E-state index contributed by atoms with van der Waals surface area (Å²) in [6.07, 6.45) is 1.67. The van der Waals surface area contributed by atoms with Crippen LogP contribution in [0.2, 0.25) is 5.02 Å². The highest BCUT2D eigenvalue weighted by molar-refractivity contribution is 6.30. The molecule has 0 aromatic heterocycles. The molecule has 2 aromatic rings. The molecular formula is C23H27ClN2O4. The first-order chi connectivity index (χ1) is 14.5. The molecule has 30 heavy (non-hydrogen) atoms. The maximum atomic E-state index is 13.1. The molecule has 7 heteroatoms. The van der Waals surface area contributed by atoms with Gasteiger partial charge < -0.3 is 19.7 Å². The van der Waals surface area contributed by atoms with Crippen molar-refractivity contribution in [3.05, 3.63) is 58.6 Å². The third-order valence-electron chi connectivity index (χ3n) is 5.02. The normalized spacial score (nSPS) is 13.0. The summed E-state index contributed by atoms with van der Waals surface area (Å²) in [5, 5.41) is 3.48. The van der Waals surface area contributed by atoms with Crippen LogP contribution in [0.5, 0.6) is 11.5 Å². The first-order valence-electron chi connectivity index (χ1n) is 10.2. The lowest BCUT2D eigenvalue weighted by atomic mass is 10.1. The topological polar surface area (TPSA) is 67.9 Å². The number of amides is 2. The van der Waals surface area contributed by atoms with Crippen molar-refractivity contribution in [3.8, 4) is 11.5 Å². The molecule has 0 bridgehead atoms. The van der Waals surface area contributed by atoms with E-state index in [-0.39, 0.29) is 25.0 Å². The molecule has 1 atom stereocenters. The zero-order valence-electron chi connectivity index (χ0n) is 17.3. The SMILES string of the molecule is CCCNC(=O)[C@@H](C)N(Cc1cccc(Cl)c1)C(=O)CCc1ccc2c(c1)OCO2. The number of halogens is 1. The second-order valence-electron chi connectivity index (χ2n) is 7.31.